The molecule has 18 heavy (non-hydrogen) atoms. The van der Waals surface area contributed by atoms with Gasteiger partial charge in [0, 0.05) is 0 Å². The molecule has 0 unspecified atom stereocenters. The Morgan fingerprint density at radius 2 is 1.56 bits per heavy atom. The van der Waals surface area contributed by atoms with E-state index in [1.807, 2.05) is 0 Å². The van der Waals surface area contributed by atoms with Crippen LogP contribution >= 0.6 is 0 Å². The average Bonchev–Trinajstić information content (AvgIpc) is 2.33. The van der Waals surface area contributed by atoms with E-state index in [0.29, 0.717) is 6.42 Å². The molecular formula is C14H20F3N. The minimum absolute atomic E-state index is 0.0852. The van der Waals surface area contributed by atoms with Crippen LogP contribution in [0.3, 0.4) is 0 Å². The normalized spacial score (nSPS) is 11.6. The summed E-state index contributed by atoms with van der Waals surface area (Å²) in [6, 6.07) is 4.47. The minimum atomic E-state index is -4.25. The Kier molecular flexibility index (Phi) is 6.02. The summed E-state index contributed by atoms with van der Waals surface area (Å²) in [6.45, 7) is 2.09. The van der Waals surface area contributed by atoms with Crippen LogP contribution in [0.25, 0.3) is 0 Å². The number of aromatic nitrogens is 1. The second-order valence-corrected chi connectivity index (χ2v) is 4.39. The van der Waals surface area contributed by atoms with Crippen LogP contribution in [0.2, 0.25) is 0 Å². The lowest BCUT2D eigenvalue weighted by molar-refractivity contribution is -0.680. The number of alkyl halides is 3. The highest BCUT2D eigenvalue weighted by molar-refractivity contribution is 4.91. The number of halogens is 3. The van der Waals surface area contributed by atoms with Gasteiger partial charge in [0.15, 0.2) is 6.04 Å². The zero-order chi connectivity index (χ0) is 13.4. The van der Waals surface area contributed by atoms with E-state index < -0.39 is 12.2 Å². The molecule has 1 aromatic heterocycles. The van der Waals surface area contributed by atoms with Crippen LogP contribution in [-0.4, -0.2) is 6.18 Å². The highest BCUT2D eigenvalue weighted by atomic mass is 19.4. The summed E-state index contributed by atoms with van der Waals surface area (Å²) < 4.78 is 40.0. The monoisotopic (exact) mass is 259 g/mol. The third-order valence-electron chi connectivity index (χ3n) is 2.87. The Labute approximate surface area is 107 Å². The van der Waals surface area contributed by atoms with Gasteiger partial charge in [-0.2, -0.15) is 13.2 Å². The maximum Gasteiger partial charge on any atom is 0.421 e. The van der Waals surface area contributed by atoms with E-state index in [2.05, 4.69) is 6.92 Å². The van der Waals surface area contributed by atoms with Gasteiger partial charge >= 0.3 is 6.18 Å². The highest BCUT2D eigenvalue weighted by Gasteiger charge is 2.41. The summed E-state index contributed by atoms with van der Waals surface area (Å²) in [5, 5.41) is 0. The molecule has 0 saturated heterocycles. The lowest BCUT2D eigenvalue weighted by Crippen LogP contribution is -2.47. The van der Waals surface area contributed by atoms with Crippen molar-refractivity contribution in [3.05, 3.63) is 36.6 Å². The first-order chi connectivity index (χ1) is 8.55. The predicted molar refractivity (Wildman–Crippen MR) is 64.7 cm³/mol. The number of hydrogen-bond donors (Lipinski definition) is 0. The average molecular weight is 259 g/mol. The van der Waals surface area contributed by atoms with E-state index in [0.717, 1.165) is 25.7 Å². The molecule has 1 heterocycles. The van der Waals surface area contributed by atoms with Crippen LogP contribution in [0.5, 0.6) is 0 Å². The maximum atomic E-state index is 12.9. The standard InChI is InChI=1S/C14H20F3N/c1-2-3-4-5-7-10-13(14(15,16)17)18-11-8-6-9-12-18/h6,8-9,11-12H,2-5,7,10H2,1H3. The molecule has 0 radical (unpaired) electrons. The topological polar surface area (TPSA) is 3.88 Å². The second kappa shape index (κ2) is 7.29. The van der Waals surface area contributed by atoms with Gasteiger partial charge in [0.2, 0.25) is 0 Å². The fourth-order valence-corrected chi connectivity index (χ4v) is 1.89. The Hall–Kier alpha value is -1.19. The molecule has 1 aromatic rings. The minimum Gasteiger partial charge on any atom is -0.327 e. The number of nitrogens with zero attached hydrogens (tertiary/aromatic N) is 1. The molecule has 0 aliphatic rings. The Balaban J connectivity index is 2.53. The molecule has 1 nitrogen and oxygen atoms in total. The quantitative estimate of drug-likeness (QED) is 0.391. The molecule has 0 N–H and O–H groups in total. The third kappa shape index (κ3) is 4.98. The molecule has 0 amide bonds. The molecule has 0 spiro atoms. The fourth-order valence-electron chi connectivity index (χ4n) is 1.89. The van der Waals surface area contributed by atoms with E-state index in [1.165, 1.54) is 17.0 Å². The molecule has 0 aliphatic heterocycles. The summed E-state index contributed by atoms with van der Waals surface area (Å²) in [5.41, 5.74) is 0. The van der Waals surface area contributed by atoms with Crippen molar-refractivity contribution in [3.63, 3.8) is 0 Å². The SMILES string of the molecule is CCCCCCC[C-]([n+]1ccccc1)C(F)(F)F. The number of pyridine rings is 1. The van der Waals surface area contributed by atoms with E-state index in [4.69, 9.17) is 0 Å². The summed E-state index contributed by atoms with van der Waals surface area (Å²) >= 11 is 0. The molecule has 0 bridgehead atoms. The van der Waals surface area contributed by atoms with Gasteiger partial charge in [-0.1, -0.05) is 57.2 Å². The van der Waals surface area contributed by atoms with E-state index in [-0.39, 0.29) is 6.42 Å². The lowest BCUT2D eigenvalue weighted by Gasteiger charge is -2.21. The Morgan fingerprint density at radius 1 is 0.944 bits per heavy atom. The number of unbranched alkanes of at least 4 members (excludes halogenated alkanes) is 4. The van der Waals surface area contributed by atoms with Gasteiger partial charge < -0.3 is 4.57 Å². The van der Waals surface area contributed by atoms with Crippen LogP contribution in [0, 0.1) is 6.04 Å². The van der Waals surface area contributed by atoms with E-state index >= 15 is 0 Å². The Bertz CT molecular complexity index is 322. The fraction of sp³-hybridized carbons (Fsp3) is 0.571. The largest absolute Gasteiger partial charge is 0.421 e. The van der Waals surface area contributed by atoms with Crippen molar-refractivity contribution in [2.75, 3.05) is 0 Å². The molecular weight excluding hydrogens is 239 g/mol. The van der Waals surface area contributed by atoms with Gasteiger partial charge in [-0.05, 0) is 6.42 Å². The first kappa shape index (κ1) is 14.9. The van der Waals surface area contributed by atoms with Crippen LogP contribution in [0.1, 0.15) is 45.4 Å². The van der Waals surface area contributed by atoms with Crippen molar-refractivity contribution in [1.82, 2.24) is 0 Å². The van der Waals surface area contributed by atoms with Crippen LogP contribution < -0.4 is 4.57 Å². The van der Waals surface area contributed by atoms with Crippen molar-refractivity contribution >= 4 is 0 Å². The summed E-state index contributed by atoms with van der Waals surface area (Å²) in [6.07, 6.45) is 3.41. The van der Waals surface area contributed by atoms with Crippen molar-refractivity contribution in [1.29, 1.82) is 0 Å². The Morgan fingerprint density at radius 3 is 2.11 bits per heavy atom. The molecule has 1 rings (SSSR count). The van der Waals surface area contributed by atoms with Gasteiger partial charge in [0.25, 0.3) is 0 Å². The van der Waals surface area contributed by atoms with Crippen molar-refractivity contribution < 1.29 is 17.7 Å². The zero-order valence-electron chi connectivity index (χ0n) is 10.7. The first-order valence-corrected chi connectivity index (χ1v) is 6.45. The molecule has 0 aromatic carbocycles. The summed E-state index contributed by atoms with van der Waals surface area (Å²) in [7, 11) is 0. The van der Waals surface area contributed by atoms with Gasteiger partial charge in [-0.15, -0.1) is 0 Å². The lowest BCUT2D eigenvalue weighted by atomic mass is 10.1. The van der Waals surface area contributed by atoms with E-state index in [9.17, 15) is 13.2 Å². The van der Waals surface area contributed by atoms with Gasteiger partial charge in [-0.3, -0.25) is 0 Å². The second-order valence-electron chi connectivity index (χ2n) is 4.39. The van der Waals surface area contributed by atoms with Crippen LogP contribution in [0.15, 0.2) is 30.6 Å². The highest BCUT2D eigenvalue weighted by Crippen LogP contribution is 2.29. The molecule has 102 valence electrons. The van der Waals surface area contributed by atoms with Crippen LogP contribution in [-0.2, 0) is 0 Å². The summed E-state index contributed by atoms with van der Waals surface area (Å²) in [4.78, 5) is 0. The van der Waals surface area contributed by atoms with Crippen molar-refractivity contribution in [2.24, 2.45) is 0 Å². The molecule has 0 aliphatic carbocycles. The molecule has 0 saturated carbocycles. The van der Waals surface area contributed by atoms with Crippen molar-refractivity contribution in [3.8, 4) is 0 Å². The smallest absolute Gasteiger partial charge is 0.327 e. The predicted octanol–water partition coefficient (Wildman–Crippen LogP) is 4.28. The van der Waals surface area contributed by atoms with Gasteiger partial charge in [0.05, 0.1) is 12.4 Å². The molecule has 0 fully saturated rings. The number of rotatable bonds is 7. The van der Waals surface area contributed by atoms with Gasteiger partial charge in [0.1, 0.15) is 0 Å². The summed E-state index contributed by atoms with van der Waals surface area (Å²) in [5.74, 6) is 0. The van der Waals surface area contributed by atoms with Crippen LogP contribution in [0.4, 0.5) is 13.2 Å². The van der Waals surface area contributed by atoms with Crippen molar-refractivity contribution in [2.45, 2.75) is 51.6 Å². The first-order valence-electron chi connectivity index (χ1n) is 6.45. The third-order valence-corrected chi connectivity index (χ3v) is 2.87. The number of hydrogen-bond acceptors (Lipinski definition) is 0. The molecule has 4 heteroatoms. The van der Waals surface area contributed by atoms with E-state index in [1.54, 1.807) is 18.2 Å². The van der Waals surface area contributed by atoms with Gasteiger partial charge in [-0.25, -0.2) is 0 Å². The molecule has 0 atom stereocenters. The zero-order valence-corrected chi connectivity index (χ0v) is 10.7. The maximum absolute atomic E-state index is 12.9.